The number of rotatable bonds is 5. The monoisotopic (exact) mass is 574 g/mol. The molecule has 0 aliphatic carbocycles. The van der Waals surface area contributed by atoms with Gasteiger partial charge in [0, 0.05) is 44.9 Å². The van der Waals surface area contributed by atoms with E-state index in [-0.39, 0.29) is 30.2 Å². The number of carbonyl (C=O) groups is 3. The van der Waals surface area contributed by atoms with Crippen molar-refractivity contribution in [3.05, 3.63) is 77.6 Å². The van der Waals surface area contributed by atoms with Crippen LogP contribution in [0.15, 0.2) is 54.9 Å². The van der Waals surface area contributed by atoms with Crippen LogP contribution in [0.3, 0.4) is 0 Å². The van der Waals surface area contributed by atoms with E-state index < -0.39 is 12.1 Å². The number of benzene rings is 1. The van der Waals surface area contributed by atoms with Gasteiger partial charge in [-0.15, -0.1) is 0 Å². The molecule has 1 aliphatic heterocycles. The van der Waals surface area contributed by atoms with Crippen LogP contribution in [0.1, 0.15) is 61.9 Å². The van der Waals surface area contributed by atoms with Crippen molar-refractivity contribution in [3.63, 3.8) is 0 Å². The Labute approximate surface area is 247 Å². The maximum Gasteiger partial charge on any atom is 0.243 e. The number of fused-ring (bicyclic) bond motifs is 1. The van der Waals surface area contributed by atoms with Crippen molar-refractivity contribution in [1.82, 2.24) is 40.6 Å². The van der Waals surface area contributed by atoms with Crippen LogP contribution in [0.5, 0.6) is 0 Å². The first-order valence-electron chi connectivity index (χ1n) is 14.7. The van der Waals surface area contributed by atoms with Crippen molar-refractivity contribution < 1.29 is 14.4 Å². The van der Waals surface area contributed by atoms with Crippen molar-refractivity contribution >= 4 is 17.7 Å². The highest BCUT2D eigenvalue weighted by atomic mass is 16.2. The fraction of sp³-hybridized carbons (Fsp3) is 0.484. The molecule has 1 aliphatic rings. The van der Waals surface area contributed by atoms with Crippen molar-refractivity contribution in [2.45, 2.75) is 71.6 Å². The molecule has 2 aromatic heterocycles. The molecule has 11 heteroatoms. The first kappa shape index (κ1) is 30.8. The van der Waals surface area contributed by atoms with E-state index in [9.17, 15) is 14.4 Å². The van der Waals surface area contributed by atoms with Gasteiger partial charge in [0.25, 0.3) is 0 Å². The van der Waals surface area contributed by atoms with Crippen LogP contribution >= 0.6 is 0 Å². The molecule has 0 saturated carbocycles. The highest BCUT2D eigenvalue weighted by Gasteiger charge is 2.29. The zero-order chi connectivity index (χ0) is 29.9. The Morgan fingerprint density at radius 1 is 0.929 bits per heavy atom. The van der Waals surface area contributed by atoms with Crippen LogP contribution in [-0.2, 0) is 33.9 Å². The minimum atomic E-state index is -0.770. The average molecular weight is 575 g/mol. The fourth-order valence-corrected chi connectivity index (χ4v) is 5.13. The Balaban J connectivity index is 1.58. The van der Waals surface area contributed by atoms with Crippen LogP contribution in [0.4, 0.5) is 0 Å². The lowest BCUT2D eigenvalue weighted by Crippen LogP contribution is -2.50. The molecule has 0 saturated heterocycles. The lowest BCUT2D eigenvalue weighted by molar-refractivity contribution is -0.129. The molecule has 0 fully saturated rings. The summed E-state index contributed by atoms with van der Waals surface area (Å²) in [5.41, 5.74) is 2.08. The largest absolute Gasteiger partial charge is 0.354 e. The van der Waals surface area contributed by atoms with E-state index in [0.717, 1.165) is 30.6 Å². The van der Waals surface area contributed by atoms with Crippen molar-refractivity contribution in [2.75, 3.05) is 19.6 Å². The molecule has 0 unspecified atom stereocenters. The van der Waals surface area contributed by atoms with E-state index in [1.807, 2.05) is 56.3 Å². The second kappa shape index (κ2) is 15.2. The Kier molecular flexibility index (Phi) is 11.2. The number of aromatic nitrogens is 4. The zero-order valence-electron chi connectivity index (χ0n) is 24.8. The summed E-state index contributed by atoms with van der Waals surface area (Å²) in [7, 11) is 0. The Hall–Kier alpha value is -4.12. The van der Waals surface area contributed by atoms with Crippen molar-refractivity contribution in [2.24, 2.45) is 5.92 Å². The molecule has 224 valence electrons. The lowest BCUT2D eigenvalue weighted by Gasteiger charge is -2.26. The van der Waals surface area contributed by atoms with E-state index in [1.165, 1.54) is 0 Å². The smallest absolute Gasteiger partial charge is 0.243 e. The predicted octanol–water partition coefficient (Wildman–Crippen LogP) is 2.32. The zero-order valence-corrected chi connectivity index (χ0v) is 24.8. The highest BCUT2D eigenvalue weighted by molar-refractivity contribution is 5.88. The first-order chi connectivity index (χ1) is 20.3. The van der Waals surface area contributed by atoms with Gasteiger partial charge in [0.05, 0.1) is 6.04 Å². The number of pyridine rings is 1. The number of nitrogens with zero attached hydrogens (tertiary/aromatic N) is 5. The first-order valence-corrected chi connectivity index (χ1v) is 14.7. The standard InChI is InChI=1S/C31H42N8O3/c1-22(2)29-30-34-23(3)37-39(30)21-28(41)33-14-8-18-38(20-25-12-15-32-16-13-25)17-7-11-27(40)35-26(31(42)36-29)19-24-9-5-4-6-10-24/h4-6,9-10,12-13,15-16,22,26,29H,7-8,11,14,17-21H2,1-3H3,(H,33,41)(H,35,40)(H,36,42)/t26-,29+/m1/s1. The van der Waals surface area contributed by atoms with Gasteiger partial charge < -0.3 is 16.0 Å². The molecular weight excluding hydrogens is 532 g/mol. The van der Waals surface area contributed by atoms with Gasteiger partial charge in [0.1, 0.15) is 18.4 Å². The molecule has 0 spiro atoms. The summed E-state index contributed by atoms with van der Waals surface area (Å²) in [5.74, 6) is 0.367. The molecule has 2 atom stereocenters. The Morgan fingerprint density at radius 3 is 2.40 bits per heavy atom. The van der Waals surface area contributed by atoms with Crippen molar-refractivity contribution in [3.8, 4) is 0 Å². The van der Waals surface area contributed by atoms with E-state index in [1.54, 1.807) is 24.0 Å². The number of hydrogen-bond acceptors (Lipinski definition) is 7. The maximum absolute atomic E-state index is 13.7. The summed E-state index contributed by atoms with van der Waals surface area (Å²) in [6, 6.07) is 12.3. The number of amides is 3. The lowest BCUT2D eigenvalue weighted by atomic mass is 10.0. The molecule has 1 aromatic carbocycles. The van der Waals surface area contributed by atoms with Crippen LogP contribution in [0, 0.1) is 12.8 Å². The summed E-state index contributed by atoms with van der Waals surface area (Å²) < 4.78 is 1.57. The molecule has 0 radical (unpaired) electrons. The quantitative estimate of drug-likeness (QED) is 0.426. The van der Waals surface area contributed by atoms with E-state index in [2.05, 4.69) is 35.9 Å². The van der Waals surface area contributed by atoms with E-state index in [0.29, 0.717) is 44.0 Å². The Morgan fingerprint density at radius 2 is 1.67 bits per heavy atom. The number of aryl methyl sites for hydroxylation is 1. The predicted molar refractivity (Wildman–Crippen MR) is 159 cm³/mol. The third-order valence-corrected chi connectivity index (χ3v) is 7.28. The second-order valence-corrected chi connectivity index (χ2v) is 11.2. The van der Waals surface area contributed by atoms with E-state index in [4.69, 9.17) is 0 Å². The second-order valence-electron chi connectivity index (χ2n) is 11.2. The molecule has 3 N–H and O–H groups in total. The summed E-state index contributed by atoms with van der Waals surface area (Å²) in [6.45, 7) is 8.42. The van der Waals surface area contributed by atoms with Gasteiger partial charge in [0.2, 0.25) is 17.7 Å². The van der Waals surface area contributed by atoms with Gasteiger partial charge in [-0.1, -0.05) is 44.2 Å². The fourth-order valence-electron chi connectivity index (χ4n) is 5.13. The number of nitrogens with one attached hydrogen (secondary N) is 3. The molecule has 3 aromatic rings. The van der Waals surface area contributed by atoms with E-state index >= 15 is 0 Å². The van der Waals surface area contributed by atoms with Gasteiger partial charge in [0.15, 0.2) is 5.82 Å². The number of hydrogen-bond donors (Lipinski definition) is 3. The molecular formula is C31H42N8O3. The Bertz CT molecular complexity index is 1310. The highest BCUT2D eigenvalue weighted by Crippen LogP contribution is 2.21. The molecule has 3 heterocycles. The molecule has 0 bridgehead atoms. The van der Waals surface area contributed by atoms with Gasteiger partial charge in [-0.3, -0.25) is 24.3 Å². The van der Waals surface area contributed by atoms with Crippen LogP contribution in [0.2, 0.25) is 0 Å². The van der Waals surface area contributed by atoms with Crippen LogP contribution in [-0.4, -0.2) is 68.0 Å². The van der Waals surface area contributed by atoms with Crippen molar-refractivity contribution in [1.29, 1.82) is 0 Å². The molecule has 3 amide bonds. The van der Waals surface area contributed by atoms with Gasteiger partial charge in [-0.05, 0) is 55.5 Å². The third kappa shape index (κ3) is 9.20. The van der Waals surface area contributed by atoms with Gasteiger partial charge in [-0.25, -0.2) is 9.67 Å². The topological polar surface area (TPSA) is 134 Å². The normalized spacial score (nSPS) is 20.1. The summed E-state index contributed by atoms with van der Waals surface area (Å²) in [6.07, 6.45) is 5.59. The maximum atomic E-state index is 13.7. The molecule has 11 nitrogen and oxygen atoms in total. The number of carbonyl (C=O) groups excluding carboxylic acids is 3. The van der Waals surface area contributed by atoms with Gasteiger partial charge >= 0.3 is 0 Å². The molecule has 42 heavy (non-hydrogen) atoms. The third-order valence-electron chi connectivity index (χ3n) is 7.28. The summed E-state index contributed by atoms with van der Waals surface area (Å²) in [5, 5.41) is 13.6. The molecule has 4 rings (SSSR count). The van der Waals surface area contributed by atoms with Crippen LogP contribution < -0.4 is 16.0 Å². The van der Waals surface area contributed by atoms with Gasteiger partial charge in [-0.2, -0.15) is 5.10 Å². The minimum absolute atomic E-state index is 0.000172. The SMILES string of the molecule is Cc1nc2n(n1)CC(=O)NCCCN(Cc1ccncc1)CCCC(=O)N[C@H](Cc1ccccc1)C(=O)N[C@H]2C(C)C. The summed E-state index contributed by atoms with van der Waals surface area (Å²) in [4.78, 5) is 50.7. The van der Waals surface area contributed by atoms with Crippen LogP contribution in [0.25, 0.3) is 0 Å². The summed E-state index contributed by atoms with van der Waals surface area (Å²) >= 11 is 0. The average Bonchev–Trinajstić information content (AvgIpc) is 3.32. The minimum Gasteiger partial charge on any atom is -0.354 e.